The third-order valence-corrected chi connectivity index (χ3v) is 2.89. The molecule has 2 aromatic rings. The summed E-state index contributed by atoms with van der Waals surface area (Å²) in [5.74, 6) is -0.855. The van der Waals surface area contributed by atoms with Gasteiger partial charge in [-0.3, -0.25) is 4.98 Å². The Morgan fingerprint density at radius 1 is 1.11 bits per heavy atom. The molecule has 1 aromatic heterocycles. The molecule has 1 aromatic carbocycles. The van der Waals surface area contributed by atoms with E-state index >= 15 is 0 Å². The van der Waals surface area contributed by atoms with Gasteiger partial charge in [0.15, 0.2) is 0 Å². The van der Waals surface area contributed by atoms with Crippen molar-refractivity contribution < 1.29 is 9.90 Å². The van der Waals surface area contributed by atoms with Gasteiger partial charge in [0.25, 0.3) is 0 Å². The van der Waals surface area contributed by atoms with Gasteiger partial charge in [0.1, 0.15) is 0 Å². The maximum absolute atomic E-state index is 10.6. The number of carboxylic acid groups (broad SMARTS) is 1. The molecule has 1 heterocycles. The topological polar surface area (TPSA) is 50.2 Å². The van der Waals surface area contributed by atoms with Crippen molar-refractivity contribution in [3.8, 4) is 0 Å². The Bertz CT molecular complexity index is 559. The van der Waals surface area contributed by atoms with E-state index in [0.717, 1.165) is 16.8 Å². The summed E-state index contributed by atoms with van der Waals surface area (Å²) in [5.41, 5.74) is 4.62. The second-order valence-electron chi connectivity index (χ2n) is 4.53. The number of nitrogens with zero attached hydrogens (tertiary/aromatic N) is 1. The van der Waals surface area contributed by atoms with Crippen LogP contribution >= 0.6 is 0 Å². The highest BCUT2D eigenvalue weighted by Gasteiger charge is 2.06. The van der Waals surface area contributed by atoms with Crippen molar-refractivity contribution in [2.75, 3.05) is 0 Å². The first-order valence-electron chi connectivity index (χ1n) is 6.10. The number of rotatable bonds is 1. The van der Waals surface area contributed by atoms with E-state index in [0.29, 0.717) is 5.56 Å². The summed E-state index contributed by atoms with van der Waals surface area (Å²) >= 11 is 0. The molecular formula is C16H19NO2. The smallest absolute Gasteiger partial charge is 0.335 e. The van der Waals surface area contributed by atoms with E-state index < -0.39 is 5.97 Å². The van der Waals surface area contributed by atoms with Crippen LogP contribution < -0.4 is 0 Å². The number of aromatic nitrogens is 1. The maximum atomic E-state index is 10.6. The fraction of sp³-hybridized carbons (Fsp3) is 0.250. The molecule has 1 N–H and O–H groups in total. The highest BCUT2D eigenvalue weighted by molar-refractivity contribution is 5.89. The van der Waals surface area contributed by atoms with Crippen molar-refractivity contribution in [3.05, 3.63) is 64.5 Å². The molecule has 19 heavy (non-hydrogen) atoms. The molecule has 2 rings (SSSR count). The van der Waals surface area contributed by atoms with Gasteiger partial charge in [0, 0.05) is 11.9 Å². The van der Waals surface area contributed by atoms with E-state index in [-0.39, 0.29) is 0 Å². The Kier molecular flexibility index (Phi) is 5.24. The number of aromatic carboxylic acids is 1. The van der Waals surface area contributed by atoms with E-state index in [1.807, 2.05) is 39.1 Å². The van der Waals surface area contributed by atoms with Crippen molar-refractivity contribution in [2.24, 2.45) is 0 Å². The molecule has 0 radical (unpaired) electrons. The largest absolute Gasteiger partial charge is 0.478 e. The van der Waals surface area contributed by atoms with Crippen molar-refractivity contribution in [1.29, 1.82) is 0 Å². The van der Waals surface area contributed by atoms with Gasteiger partial charge in [-0.25, -0.2) is 4.79 Å². The molecule has 0 aliphatic carbocycles. The third-order valence-electron chi connectivity index (χ3n) is 2.89. The summed E-state index contributed by atoms with van der Waals surface area (Å²) in [4.78, 5) is 14.6. The number of pyridine rings is 1. The Hall–Kier alpha value is -2.16. The van der Waals surface area contributed by atoms with Gasteiger partial charge in [-0.2, -0.15) is 0 Å². The number of carbonyl (C=O) groups is 1. The maximum Gasteiger partial charge on any atom is 0.335 e. The van der Waals surface area contributed by atoms with Gasteiger partial charge in [-0.05, 0) is 62.6 Å². The molecule has 0 saturated carbocycles. The lowest BCUT2D eigenvalue weighted by molar-refractivity contribution is 0.0696. The molecule has 3 nitrogen and oxygen atoms in total. The van der Waals surface area contributed by atoms with Gasteiger partial charge in [0.05, 0.1) is 5.56 Å². The Morgan fingerprint density at radius 3 is 2.21 bits per heavy atom. The van der Waals surface area contributed by atoms with Crippen molar-refractivity contribution in [3.63, 3.8) is 0 Å². The second-order valence-corrected chi connectivity index (χ2v) is 4.53. The summed E-state index contributed by atoms with van der Waals surface area (Å²) in [6.45, 7) is 7.78. The van der Waals surface area contributed by atoms with Gasteiger partial charge >= 0.3 is 5.97 Å². The number of hydrogen-bond donors (Lipinski definition) is 1. The van der Waals surface area contributed by atoms with Crippen LogP contribution in [0.2, 0.25) is 0 Å². The SMILES string of the molecule is Cc1cccc(C(=O)O)c1C.Cc1ccnc(C)c1. The molecule has 0 aliphatic rings. The van der Waals surface area contributed by atoms with Crippen molar-refractivity contribution in [1.82, 2.24) is 4.98 Å². The number of carboxylic acids is 1. The molecule has 0 fully saturated rings. The van der Waals surface area contributed by atoms with Crippen LogP contribution in [0.15, 0.2) is 36.5 Å². The van der Waals surface area contributed by atoms with Crippen LogP contribution in [0.3, 0.4) is 0 Å². The highest BCUT2D eigenvalue weighted by atomic mass is 16.4. The van der Waals surface area contributed by atoms with Crippen LogP contribution in [0.25, 0.3) is 0 Å². The summed E-state index contributed by atoms with van der Waals surface area (Å²) in [6, 6.07) is 9.32. The third kappa shape index (κ3) is 4.54. The van der Waals surface area contributed by atoms with Crippen LogP contribution in [0.5, 0.6) is 0 Å². The summed E-state index contributed by atoms with van der Waals surface area (Å²) in [5, 5.41) is 8.69. The predicted molar refractivity (Wildman–Crippen MR) is 76.6 cm³/mol. The zero-order valence-corrected chi connectivity index (χ0v) is 11.8. The fourth-order valence-corrected chi connectivity index (χ4v) is 1.67. The van der Waals surface area contributed by atoms with E-state index in [2.05, 4.69) is 18.0 Å². The van der Waals surface area contributed by atoms with E-state index in [1.54, 1.807) is 12.1 Å². The molecular weight excluding hydrogens is 238 g/mol. The van der Waals surface area contributed by atoms with Crippen LogP contribution in [0.1, 0.15) is 32.7 Å². The average molecular weight is 257 g/mol. The molecule has 100 valence electrons. The lowest BCUT2D eigenvalue weighted by atomic mass is 10.0. The summed E-state index contributed by atoms with van der Waals surface area (Å²) in [6.07, 6.45) is 1.82. The van der Waals surface area contributed by atoms with Gasteiger partial charge in [-0.1, -0.05) is 12.1 Å². The lowest BCUT2D eigenvalue weighted by Gasteiger charge is -2.02. The highest BCUT2D eigenvalue weighted by Crippen LogP contribution is 2.11. The van der Waals surface area contributed by atoms with E-state index in [4.69, 9.17) is 5.11 Å². The van der Waals surface area contributed by atoms with E-state index in [9.17, 15) is 4.79 Å². The quantitative estimate of drug-likeness (QED) is 0.847. The zero-order chi connectivity index (χ0) is 14.4. The lowest BCUT2D eigenvalue weighted by Crippen LogP contribution is -2.00. The minimum Gasteiger partial charge on any atom is -0.478 e. The Balaban J connectivity index is 0.000000200. The molecule has 0 aliphatic heterocycles. The van der Waals surface area contributed by atoms with Crippen LogP contribution in [-0.4, -0.2) is 16.1 Å². The van der Waals surface area contributed by atoms with Crippen LogP contribution in [-0.2, 0) is 0 Å². The molecule has 3 heteroatoms. The zero-order valence-electron chi connectivity index (χ0n) is 11.8. The normalized spacial score (nSPS) is 9.47. The summed E-state index contributed by atoms with van der Waals surface area (Å²) < 4.78 is 0. The monoisotopic (exact) mass is 257 g/mol. The molecule has 0 saturated heterocycles. The minimum absolute atomic E-state index is 0.394. The van der Waals surface area contributed by atoms with Gasteiger partial charge in [-0.15, -0.1) is 0 Å². The number of benzene rings is 1. The van der Waals surface area contributed by atoms with Gasteiger partial charge in [0.2, 0.25) is 0 Å². The van der Waals surface area contributed by atoms with E-state index in [1.165, 1.54) is 5.56 Å². The average Bonchev–Trinajstić information content (AvgIpc) is 2.33. The predicted octanol–water partition coefficient (Wildman–Crippen LogP) is 3.70. The molecule has 0 unspecified atom stereocenters. The molecule has 0 spiro atoms. The number of aryl methyl sites for hydroxylation is 3. The Labute approximate surface area is 113 Å². The van der Waals surface area contributed by atoms with Crippen molar-refractivity contribution >= 4 is 5.97 Å². The Morgan fingerprint density at radius 2 is 1.79 bits per heavy atom. The first kappa shape index (κ1) is 14.9. The minimum atomic E-state index is -0.855. The van der Waals surface area contributed by atoms with Crippen molar-refractivity contribution in [2.45, 2.75) is 27.7 Å². The molecule has 0 amide bonds. The van der Waals surface area contributed by atoms with Gasteiger partial charge < -0.3 is 5.11 Å². The number of hydrogen-bond acceptors (Lipinski definition) is 2. The second kappa shape index (κ2) is 6.69. The first-order chi connectivity index (χ1) is 8.91. The molecule has 0 atom stereocenters. The van der Waals surface area contributed by atoms with Crippen LogP contribution in [0.4, 0.5) is 0 Å². The standard InChI is InChI=1S/C9H10O2.C7H9N/c1-6-4-3-5-8(7(6)2)9(10)11;1-6-3-4-8-7(2)5-6/h3-5H,1-2H3,(H,10,11);3-5H,1-2H3. The first-order valence-corrected chi connectivity index (χ1v) is 6.10. The molecule has 0 bridgehead atoms. The van der Waals surface area contributed by atoms with Crippen LogP contribution in [0, 0.1) is 27.7 Å². The fourth-order valence-electron chi connectivity index (χ4n) is 1.67. The summed E-state index contributed by atoms with van der Waals surface area (Å²) in [7, 11) is 0.